The highest BCUT2D eigenvalue weighted by atomic mass is 16.5. The van der Waals surface area contributed by atoms with Crippen LogP contribution in [0, 0.1) is 6.92 Å². The molecule has 1 fully saturated rings. The number of ether oxygens (including phenoxy) is 1. The molecule has 0 bridgehead atoms. The van der Waals surface area contributed by atoms with Crippen LogP contribution in [0.3, 0.4) is 0 Å². The van der Waals surface area contributed by atoms with Gasteiger partial charge in [0.2, 0.25) is 0 Å². The van der Waals surface area contributed by atoms with Crippen LogP contribution < -0.4 is 10.1 Å². The van der Waals surface area contributed by atoms with E-state index in [0.29, 0.717) is 22.6 Å². The van der Waals surface area contributed by atoms with Gasteiger partial charge >= 0.3 is 0 Å². The van der Waals surface area contributed by atoms with Gasteiger partial charge in [-0.3, -0.25) is 9.59 Å². The largest absolute Gasteiger partial charge is 0.495 e. The van der Waals surface area contributed by atoms with E-state index in [0.717, 1.165) is 38.3 Å². The number of likely N-dealkylation sites (N-methyl/N-ethyl adjacent to an activating group) is 1. The molecule has 0 unspecified atom stereocenters. The minimum absolute atomic E-state index is 0.0167. The van der Waals surface area contributed by atoms with Crippen LogP contribution in [0.25, 0.3) is 0 Å². The summed E-state index contributed by atoms with van der Waals surface area (Å²) in [6.07, 6.45) is 0. The van der Waals surface area contributed by atoms with Crippen LogP contribution >= 0.6 is 0 Å². The molecular formula is C22H27N3O3. The lowest BCUT2D eigenvalue weighted by atomic mass is 10.1. The number of carbonyl (C=O) groups is 2. The summed E-state index contributed by atoms with van der Waals surface area (Å²) in [5.41, 5.74) is 2.76. The molecule has 2 aromatic carbocycles. The molecule has 0 aromatic heterocycles. The summed E-state index contributed by atoms with van der Waals surface area (Å²) in [6.45, 7) is 8.38. The average Bonchev–Trinajstić information content (AvgIpc) is 2.73. The maximum Gasteiger partial charge on any atom is 0.255 e. The number of carbonyl (C=O) groups excluding carboxylic acids is 2. The first-order valence-electron chi connectivity index (χ1n) is 9.59. The first-order chi connectivity index (χ1) is 13.5. The van der Waals surface area contributed by atoms with Gasteiger partial charge in [0, 0.05) is 37.3 Å². The topological polar surface area (TPSA) is 61.9 Å². The molecule has 0 radical (unpaired) electrons. The van der Waals surface area contributed by atoms with E-state index in [9.17, 15) is 9.59 Å². The van der Waals surface area contributed by atoms with Crippen LogP contribution in [-0.2, 0) is 0 Å². The molecule has 3 rings (SSSR count). The molecule has 148 valence electrons. The van der Waals surface area contributed by atoms with Crippen molar-refractivity contribution >= 4 is 17.5 Å². The number of piperazine rings is 1. The number of hydrogen-bond acceptors (Lipinski definition) is 4. The van der Waals surface area contributed by atoms with E-state index in [-0.39, 0.29) is 11.8 Å². The summed E-state index contributed by atoms with van der Waals surface area (Å²) in [5, 5.41) is 2.88. The third-order valence-corrected chi connectivity index (χ3v) is 5.10. The van der Waals surface area contributed by atoms with Crippen molar-refractivity contribution in [2.45, 2.75) is 13.8 Å². The van der Waals surface area contributed by atoms with E-state index >= 15 is 0 Å². The van der Waals surface area contributed by atoms with Gasteiger partial charge < -0.3 is 19.9 Å². The molecule has 1 heterocycles. The SMILES string of the molecule is CCN1CCN(C(=O)c2ccc(C(=O)Nc3cc(C)ccc3OC)cc2)CC1. The van der Waals surface area contributed by atoms with E-state index in [2.05, 4.69) is 17.1 Å². The van der Waals surface area contributed by atoms with Crippen molar-refractivity contribution in [1.82, 2.24) is 9.80 Å². The van der Waals surface area contributed by atoms with Gasteiger partial charge in [0.1, 0.15) is 5.75 Å². The third kappa shape index (κ3) is 4.51. The smallest absolute Gasteiger partial charge is 0.255 e. The highest BCUT2D eigenvalue weighted by molar-refractivity contribution is 6.05. The van der Waals surface area contributed by atoms with Gasteiger partial charge in [0.15, 0.2) is 0 Å². The van der Waals surface area contributed by atoms with Crippen molar-refractivity contribution in [3.8, 4) is 5.75 Å². The predicted octanol–water partition coefficient (Wildman–Crippen LogP) is 3.03. The second-order valence-electron chi connectivity index (χ2n) is 6.96. The van der Waals surface area contributed by atoms with Crippen molar-refractivity contribution in [3.05, 3.63) is 59.2 Å². The van der Waals surface area contributed by atoms with Crippen LogP contribution in [0.5, 0.6) is 5.75 Å². The van der Waals surface area contributed by atoms with Crippen LogP contribution in [-0.4, -0.2) is 61.4 Å². The standard InChI is InChI=1S/C22H27N3O3/c1-4-24-11-13-25(14-12-24)22(27)18-8-6-17(7-9-18)21(26)23-19-15-16(2)5-10-20(19)28-3/h5-10,15H,4,11-14H2,1-3H3,(H,23,26). The summed E-state index contributed by atoms with van der Waals surface area (Å²) < 4.78 is 5.30. The molecule has 1 aliphatic heterocycles. The lowest BCUT2D eigenvalue weighted by Crippen LogP contribution is -2.48. The Morgan fingerprint density at radius 1 is 1.00 bits per heavy atom. The molecule has 6 heteroatoms. The molecule has 0 atom stereocenters. The Bertz CT molecular complexity index is 841. The van der Waals surface area contributed by atoms with E-state index < -0.39 is 0 Å². The monoisotopic (exact) mass is 381 g/mol. The number of rotatable bonds is 5. The van der Waals surface area contributed by atoms with Crippen LogP contribution in [0.15, 0.2) is 42.5 Å². The van der Waals surface area contributed by atoms with Gasteiger partial charge in [-0.1, -0.05) is 13.0 Å². The Morgan fingerprint density at radius 3 is 2.25 bits per heavy atom. The molecular weight excluding hydrogens is 354 g/mol. The number of hydrogen-bond donors (Lipinski definition) is 1. The molecule has 1 N–H and O–H groups in total. The van der Waals surface area contributed by atoms with E-state index in [1.807, 2.05) is 30.0 Å². The number of anilines is 1. The maximum atomic E-state index is 12.7. The highest BCUT2D eigenvalue weighted by Crippen LogP contribution is 2.25. The second-order valence-corrected chi connectivity index (χ2v) is 6.96. The Labute approximate surface area is 166 Å². The minimum Gasteiger partial charge on any atom is -0.495 e. The molecule has 0 aliphatic carbocycles. The molecule has 1 aliphatic rings. The fourth-order valence-corrected chi connectivity index (χ4v) is 3.33. The predicted molar refractivity (Wildman–Crippen MR) is 110 cm³/mol. The van der Waals surface area contributed by atoms with Gasteiger partial charge in [0.25, 0.3) is 11.8 Å². The molecule has 6 nitrogen and oxygen atoms in total. The summed E-state index contributed by atoms with van der Waals surface area (Å²) in [4.78, 5) is 29.5. The lowest BCUT2D eigenvalue weighted by Gasteiger charge is -2.34. The van der Waals surface area contributed by atoms with Gasteiger partial charge in [-0.2, -0.15) is 0 Å². The first kappa shape index (κ1) is 19.9. The zero-order chi connectivity index (χ0) is 20.1. The second kappa shape index (κ2) is 8.89. The van der Waals surface area contributed by atoms with E-state index in [4.69, 9.17) is 4.74 Å². The molecule has 0 saturated carbocycles. The summed E-state index contributed by atoms with van der Waals surface area (Å²) in [5.74, 6) is 0.388. The lowest BCUT2D eigenvalue weighted by molar-refractivity contribution is 0.0643. The van der Waals surface area contributed by atoms with Crippen molar-refractivity contribution in [1.29, 1.82) is 0 Å². The zero-order valence-electron chi connectivity index (χ0n) is 16.7. The third-order valence-electron chi connectivity index (χ3n) is 5.10. The van der Waals surface area contributed by atoms with Crippen molar-refractivity contribution in [2.24, 2.45) is 0 Å². The van der Waals surface area contributed by atoms with Crippen LogP contribution in [0.4, 0.5) is 5.69 Å². The Hall–Kier alpha value is -2.86. The van der Waals surface area contributed by atoms with E-state index in [1.165, 1.54) is 0 Å². The van der Waals surface area contributed by atoms with Crippen LogP contribution in [0.1, 0.15) is 33.2 Å². The maximum absolute atomic E-state index is 12.7. The first-order valence-corrected chi connectivity index (χ1v) is 9.59. The van der Waals surface area contributed by atoms with Gasteiger partial charge in [-0.15, -0.1) is 0 Å². The number of aryl methyl sites for hydroxylation is 1. The van der Waals surface area contributed by atoms with E-state index in [1.54, 1.807) is 31.4 Å². The zero-order valence-corrected chi connectivity index (χ0v) is 16.7. The number of benzene rings is 2. The minimum atomic E-state index is -0.237. The number of amides is 2. The Morgan fingerprint density at radius 2 is 1.64 bits per heavy atom. The van der Waals surface area contributed by atoms with Gasteiger partial charge in [0.05, 0.1) is 12.8 Å². The summed E-state index contributed by atoms with van der Waals surface area (Å²) in [7, 11) is 1.57. The number of nitrogens with zero attached hydrogens (tertiary/aromatic N) is 2. The van der Waals surface area contributed by atoms with Gasteiger partial charge in [-0.05, 0) is 55.4 Å². The fourth-order valence-electron chi connectivity index (χ4n) is 3.33. The molecule has 2 aromatic rings. The normalized spacial score (nSPS) is 14.6. The Kier molecular flexibility index (Phi) is 6.31. The van der Waals surface area contributed by atoms with Crippen molar-refractivity contribution in [2.75, 3.05) is 45.2 Å². The summed E-state index contributed by atoms with van der Waals surface area (Å²) >= 11 is 0. The van der Waals surface area contributed by atoms with Crippen molar-refractivity contribution < 1.29 is 14.3 Å². The van der Waals surface area contributed by atoms with Crippen molar-refractivity contribution in [3.63, 3.8) is 0 Å². The summed E-state index contributed by atoms with van der Waals surface area (Å²) in [6, 6.07) is 12.4. The molecule has 1 saturated heterocycles. The number of nitrogens with one attached hydrogen (secondary N) is 1. The van der Waals surface area contributed by atoms with Crippen LogP contribution in [0.2, 0.25) is 0 Å². The molecule has 28 heavy (non-hydrogen) atoms. The van der Waals surface area contributed by atoms with Gasteiger partial charge in [-0.25, -0.2) is 0 Å². The highest BCUT2D eigenvalue weighted by Gasteiger charge is 2.21. The average molecular weight is 381 g/mol. The molecule has 2 amide bonds. The quantitative estimate of drug-likeness (QED) is 0.865. The fraction of sp³-hybridized carbons (Fsp3) is 0.364. The number of methoxy groups -OCH3 is 1. The Balaban J connectivity index is 1.66. The molecule has 0 spiro atoms.